The second-order valence-corrected chi connectivity index (χ2v) is 5.41. The Morgan fingerprint density at radius 1 is 1.12 bits per heavy atom. The zero-order valence-corrected chi connectivity index (χ0v) is 14.5. The first-order valence-electron chi connectivity index (χ1n) is 7.21. The summed E-state index contributed by atoms with van der Waals surface area (Å²) in [6.07, 6.45) is 1.42. The molecule has 0 aliphatic rings. The third kappa shape index (κ3) is 5.44. The minimum absolute atomic E-state index is 0.158. The molecule has 2 aromatic rings. The van der Waals surface area contributed by atoms with Crippen LogP contribution in [0, 0.1) is 0 Å². The molecule has 0 heterocycles. The van der Waals surface area contributed by atoms with Gasteiger partial charge in [0.15, 0.2) is 6.61 Å². The van der Waals surface area contributed by atoms with Crippen molar-refractivity contribution in [3.05, 3.63) is 58.1 Å². The molecule has 1 amide bonds. The monoisotopic (exact) mass is 366 g/mol. The number of hydrogen-bond donors (Lipinski definition) is 1. The number of benzene rings is 2. The van der Waals surface area contributed by atoms with Gasteiger partial charge in [0, 0.05) is 5.56 Å². The molecule has 0 atom stereocenters. The quantitative estimate of drug-likeness (QED) is 0.596. The minimum atomic E-state index is -0.390. The third-order valence-electron chi connectivity index (χ3n) is 2.88. The van der Waals surface area contributed by atoms with E-state index in [2.05, 4.69) is 10.5 Å². The molecule has 0 aromatic heterocycles. The number of amides is 1. The molecular formula is C17H16Cl2N2O3. The molecular weight excluding hydrogens is 351 g/mol. The number of ether oxygens (including phenoxy) is 2. The highest BCUT2D eigenvalue weighted by Gasteiger charge is 2.04. The van der Waals surface area contributed by atoms with Crippen molar-refractivity contribution >= 4 is 35.3 Å². The number of carbonyl (C=O) groups excluding carboxylic acids is 1. The van der Waals surface area contributed by atoms with E-state index in [4.69, 9.17) is 32.7 Å². The number of nitrogens with one attached hydrogen (secondary N) is 1. The SMILES string of the molecule is CCOc1ccc(OCC(=O)N/N=C\c2cccc(Cl)c2Cl)cc1. The van der Waals surface area contributed by atoms with E-state index in [1.807, 2.05) is 6.92 Å². The molecule has 0 saturated heterocycles. The second-order valence-electron chi connectivity index (χ2n) is 4.63. The minimum Gasteiger partial charge on any atom is -0.494 e. The molecule has 126 valence electrons. The van der Waals surface area contributed by atoms with E-state index in [0.29, 0.717) is 28.0 Å². The molecule has 1 N–H and O–H groups in total. The second kappa shape index (κ2) is 9.15. The normalized spacial score (nSPS) is 10.6. The van der Waals surface area contributed by atoms with E-state index in [9.17, 15) is 4.79 Å². The summed E-state index contributed by atoms with van der Waals surface area (Å²) < 4.78 is 10.7. The molecule has 0 aliphatic heterocycles. The molecule has 0 aliphatic carbocycles. The van der Waals surface area contributed by atoms with Crippen LogP contribution in [0.3, 0.4) is 0 Å². The smallest absolute Gasteiger partial charge is 0.277 e. The standard InChI is InChI=1S/C17H16Cl2N2O3/c1-2-23-13-6-8-14(9-7-13)24-11-16(22)21-20-10-12-4-3-5-15(18)17(12)19/h3-10H,2,11H2,1H3,(H,21,22)/b20-10-. The maximum absolute atomic E-state index is 11.7. The number of hydrogen-bond acceptors (Lipinski definition) is 4. The van der Waals surface area contributed by atoms with Crippen LogP contribution in [0.15, 0.2) is 47.6 Å². The Kier molecular flexibility index (Phi) is 6.90. The van der Waals surface area contributed by atoms with Crippen molar-refractivity contribution in [2.24, 2.45) is 5.10 Å². The van der Waals surface area contributed by atoms with Crippen molar-refractivity contribution in [3.8, 4) is 11.5 Å². The van der Waals surface area contributed by atoms with Gasteiger partial charge >= 0.3 is 0 Å². The summed E-state index contributed by atoms with van der Waals surface area (Å²) >= 11 is 11.9. The summed E-state index contributed by atoms with van der Waals surface area (Å²) in [5.41, 5.74) is 2.97. The van der Waals surface area contributed by atoms with Crippen LogP contribution in [0.1, 0.15) is 12.5 Å². The van der Waals surface area contributed by atoms with Gasteiger partial charge in [0.25, 0.3) is 5.91 Å². The third-order valence-corrected chi connectivity index (χ3v) is 3.71. The summed E-state index contributed by atoms with van der Waals surface area (Å²) in [7, 11) is 0. The first-order chi connectivity index (χ1) is 11.6. The fourth-order valence-electron chi connectivity index (χ4n) is 1.77. The molecule has 0 saturated carbocycles. The predicted molar refractivity (Wildman–Crippen MR) is 95.3 cm³/mol. The van der Waals surface area contributed by atoms with Crippen LogP contribution in [-0.2, 0) is 4.79 Å². The number of halogens is 2. The van der Waals surface area contributed by atoms with Gasteiger partial charge in [0.1, 0.15) is 11.5 Å². The van der Waals surface area contributed by atoms with Crippen LogP contribution in [0.5, 0.6) is 11.5 Å². The molecule has 7 heteroatoms. The van der Waals surface area contributed by atoms with Gasteiger partial charge in [-0.3, -0.25) is 4.79 Å². The largest absolute Gasteiger partial charge is 0.494 e. The van der Waals surface area contributed by atoms with E-state index >= 15 is 0 Å². The number of rotatable bonds is 7. The summed E-state index contributed by atoms with van der Waals surface area (Å²) in [6, 6.07) is 12.2. The molecule has 0 unspecified atom stereocenters. The van der Waals surface area contributed by atoms with Gasteiger partial charge in [-0.1, -0.05) is 35.3 Å². The Labute approximate surface area is 150 Å². The number of nitrogens with zero attached hydrogens (tertiary/aromatic N) is 1. The van der Waals surface area contributed by atoms with E-state index in [0.717, 1.165) is 5.75 Å². The van der Waals surface area contributed by atoms with Crippen LogP contribution in [0.2, 0.25) is 10.0 Å². The average Bonchev–Trinajstić information content (AvgIpc) is 2.58. The predicted octanol–water partition coefficient (Wildman–Crippen LogP) is 3.92. The lowest BCUT2D eigenvalue weighted by Crippen LogP contribution is -2.24. The molecule has 0 bridgehead atoms. The van der Waals surface area contributed by atoms with Crippen molar-refractivity contribution in [2.45, 2.75) is 6.92 Å². The molecule has 0 radical (unpaired) electrons. The van der Waals surface area contributed by atoms with Crippen molar-refractivity contribution in [1.29, 1.82) is 0 Å². The first kappa shape index (κ1) is 18.1. The van der Waals surface area contributed by atoms with Crippen molar-refractivity contribution in [3.63, 3.8) is 0 Å². The first-order valence-corrected chi connectivity index (χ1v) is 7.97. The van der Waals surface area contributed by atoms with Gasteiger partial charge < -0.3 is 9.47 Å². The van der Waals surface area contributed by atoms with Crippen molar-refractivity contribution in [1.82, 2.24) is 5.43 Å². The lowest BCUT2D eigenvalue weighted by molar-refractivity contribution is -0.123. The Morgan fingerprint density at radius 3 is 2.46 bits per heavy atom. The summed E-state index contributed by atoms with van der Waals surface area (Å²) in [5.74, 6) is 0.922. The van der Waals surface area contributed by atoms with Gasteiger partial charge in [0.2, 0.25) is 0 Å². The van der Waals surface area contributed by atoms with Crippen molar-refractivity contribution in [2.75, 3.05) is 13.2 Å². The van der Waals surface area contributed by atoms with Crippen LogP contribution < -0.4 is 14.9 Å². The lowest BCUT2D eigenvalue weighted by atomic mass is 10.2. The molecule has 0 spiro atoms. The maximum atomic E-state index is 11.7. The van der Waals surface area contributed by atoms with Gasteiger partial charge in [-0.25, -0.2) is 5.43 Å². The highest BCUT2D eigenvalue weighted by molar-refractivity contribution is 6.43. The molecule has 2 rings (SSSR count). The van der Waals surface area contributed by atoms with Crippen LogP contribution in [-0.4, -0.2) is 25.3 Å². The molecule has 24 heavy (non-hydrogen) atoms. The van der Waals surface area contributed by atoms with Gasteiger partial charge in [0.05, 0.1) is 22.9 Å². The highest BCUT2D eigenvalue weighted by atomic mass is 35.5. The summed E-state index contributed by atoms with van der Waals surface area (Å²) in [4.78, 5) is 11.7. The van der Waals surface area contributed by atoms with Crippen LogP contribution >= 0.6 is 23.2 Å². The average molecular weight is 367 g/mol. The van der Waals surface area contributed by atoms with Gasteiger partial charge in [-0.05, 0) is 37.3 Å². The van der Waals surface area contributed by atoms with E-state index in [1.54, 1.807) is 42.5 Å². The highest BCUT2D eigenvalue weighted by Crippen LogP contribution is 2.24. The Hall–Kier alpha value is -2.24. The summed E-state index contributed by atoms with van der Waals surface area (Å²) in [5, 5.41) is 4.63. The van der Waals surface area contributed by atoms with Gasteiger partial charge in [-0.15, -0.1) is 0 Å². The number of carbonyl (C=O) groups is 1. The molecule has 5 nitrogen and oxygen atoms in total. The molecule has 0 fully saturated rings. The fourth-order valence-corrected chi connectivity index (χ4v) is 2.13. The number of hydrazone groups is 1. The van der Waals surface area contributed by atoms with E-state index in [-0.39, 0.29) is 6.61 Å². The van der Waals surface area contributed by atoms with Crippen LogP contribution in [0.4, 0.5) is 0 Å². The maximum Gasteiger partial charge on any atom is 0.277 e. The van der Waals surface area contributed by atoms with Gasteiger partial charge in [-0.2, -0.15) is 5.10 Å². The zero-order valence-electron chi connectivity index (χ0n) is 13.0. The Morgan fingerprint density at radius 2 is 1.79 bits per heavy atom. The van der Waals surface area contributed by atoms with Crippen LogP contribution in [0.25, 0.3) is 0 Å². The lowest BCUT2D eigenvalue weighted by Gasteiger charge is -2.07. The van der Waals surface area contributed by atoms with Crippen molar-refractivity contribution < 1.29 is 14.3 Å². The topological polar surface area (TPSA) is 59.9 Å². The Bertz CT molecular complexity index is 718. The Balaban J connectivity index is 1.81. The van der Waals surface area contributed by atoms with E-state index in [1.165, 1.54) is 6.21 Å². The fraction of sp³-hybridized carbons (Fsp3) is 0.176. The summed E-state index contributed by atoms with van der Waals surface area (Å²) in [6.45, 7) is 2.34. The van der Waals surface area contributed by atoms with E-state index < -0.39 is 5.91 Å². The molecule has 2 aromatic carbocycles. The zero-order chi connectivity index (χ0) is 17.4.